The van der Waals surface area contributed by atoms with Gasteiger partial charge in [0, 0.05) is 16.4 Å². The minimum absolute atomic E-state index is 0.193. The molecule has 118 valence electrons. The molecule has 0 N–H and O–H groups in total. The highest BCUT2D eigenvalue weighted by atomic mass is 33.5. The van der Waals surface area contributed by atoms with Gasteiger partial charge in [-0.25, -0.2) is 0 Å². The standard InChI is InChI=1S/C15H14F2OS4/c16-15(17)18-13-5-1-11(2-6-13)9-20-22-21-10-12-3-7-14(19)8-4-12/h1-8,15,19H,9-10H2. The SMILES string of the molecule is FC(F)Oc1ccc(CSSSCc2ccc(S)cc2)cc1. The average Bonchev–Trinajstić information content (AvgIpc) is 2.50. The number of ether oxygens (including phenoxy) is 1. The largest absolute Gasteiger partial charge is 0.435 e. The third-order valence-corrected chi connectivity index (χ3v) is 7.04. The van der Waals surface area contributed by atoms with E-state index < -0.39 is 6.61 Å². The second-order valence-electron chi connectivity index (χ2n) is 4.28. The van der Waals surface area contributed by atoms with Crippen LogP contribution in [0.4, 0.5) is 8.78 Å². The van der Waals surface area contributed by atoms with Gasteiger partial charge in [0.15, 0.2) is 0 Å². The summed E-state index contributed by atoms with van der Waals surface area (Å²) < 4.78 is 28.4. The molecule has 0 saturated heterocycles. The molecule has 0 aromatic heterocycles. The molecule has 0 aliphatic carbocycles. The Balaban J connectivity index is 1.65. The zero-order chi connectivity index (χ0) is 15.8. The highest BCUT2D eigenvalue weighted by molar-refractivity contribution is 9.09. The Morgan fingerprint density at radius 3 is 1.86 bits per heavy atom. The molecule has 0 aliphatic heterocycles. The van der Waals surface area contributed by atoms with Gasteiger partial charge < -0.3 is 4.74 Å². The lowest BCUT2D eigenvalue weighted by molar-refractivity contribution is -0.0498. The van der Waals surface area contributed by atoms with E-state index in [9.17, 15) is 8.78 Å². The summed E-state index contributed by atoms with van der Waals surface area (Å²) in [6.07, 6.45) is 0. The van der Waals surface area contributed by atoms with Crippen molar-refractivity contribution in [3.63, 3.8) is 0 Å². The molecule has 7 heteroatoms. The second-order valence-corrected chi connectivity index (χ2v) is 9.03. The smallest absolute Gasteiger partial charge is 0.387 e. The molecule has 0 radical (unpaired) electrons. The number of hydrogen-bond acceptors (Lipinski definition) is 5. The van der Waals surface area contributed by atoms with Crippen LogP contribution in [0.1, 0.15) is 11.1 Å². The summed E-state index contributed by atoms with van der Waals surface area (Å²) >= 11 is 4.26. The monoisotopic (exact) mass is 376 g/mol. The second kappa shape index (κ2) is 9.60. The van der Waals surface area contributed by atoms with Crippen LogP contribution in [-0.4, -0.2) is 6.61 Å². The number of thiol groups is 1. The molecule has 0 aliphatic rings. The van der Waals surface area contributed by atoms with Crippen molar-refractivity contribution in [3.05, 3.63) is 59.7 Å². The minimum atomic E-state index is -2.77. The van der Waals surface area contributed by atoms with Crippen LogP contribution in [0, 0.1) is 0 Å². The van der Waals surface area contributed by atoms with Gasteiger partial charge in [-0.15, -0.1) is 12.6 Å². The molecule has 0 spiro atoms. The molecular weight excluding hydrogens is 362 g/mol. The van der Waals surface area contributed by atoms with Gasteiger partial charge in [0.25, 0.3) is 0 Å². The molecule has 2 aromatic carbocycles. The van der Waals surface area contributed by atoms with Gasteiger partial charge in [-0.1, -0.05) is 45.9 Å². The summed E-state index contributed by atoms with van der Waals surface area (Å²) in [6, 6.07) is 14.9. The fraction of sp³-hybridized carbons (Fsp3) is 0.200. The molecule has 0 atom stereocenters. The van der Waals surface area contributed by atoms with Gasteiger partial charge in [-0.2, -0.15) is 8.78 Å². The quantitative estimate of drug-likeness (QED) is 0.328. The fourth-order valence-electron chi connectivity index (χ4n) is 1.58. The number of hydrogen-bond donors (Lipinski definition) is 1. The van der Waals surface area contributed by atoms with Gasteiger partial charge in [-0.3, -0.25) is 0 Å². The summed E-state index contributed by atoms with van der Waals surface area (Å²) in [5.41, 5.74) is 2.35. The van der Waals surface area contributed by atoms with Gasteiger partial charge >= 0.3 is 6.61 Å². The number of benzene rings is 2. The van der Waals surface area contributed by atoms with Crippen molar-refractivity contribution in [2.45, 2.75) is 23.0 Å². The van der Waals surface area contributed by atoms with E-state index in [2.05, 4.69) is 29.5 Å². The third-order valence-electron chi connectivity index (χ3n) is 2.63. The molecule has 2 aromatic rings. The maximum Gasteiger partial charge on any atom is 0.387 e. The predicted molar refractivity (Wildman–Crippen MR) is 96.9 cm³/mol. The lowest BCUT2D eigenvalue weighted by atomic mass is 10.2. The van der Waals surface area contributed by atoms with Crippen molar-refractivity contribution in [2.24, 2.45) is 0 Å². The van der Waals surface area contributed by atoms with Gasteiger partial charge in [0.05, 0.1) is 0 Å². The van der Waals surface area contributed by atoms with Crippen LogP contribution in [0.15, 0.2) is 53.4 Å². The van der Waals surface area contributed by atoms with Gasteiger partial charge in [0.1, 0.15) is 5.75 Å². The first-order chi connectivity index (χ1) is 10.6. The molecular formula is C15H14F2OS4. The van der Waals surface area contributed by atoms with E-state index >= 15 is 0 Å². The first-order valence-electron chi connectivity index (χ1n) is 6.36. The number of alkyl halides is 2. The Bertz CT molecular complexity index is 561. The number of halogens is 2. The first kappa shape index (κ1) is 17.8. The van der Waals surface area contributed by atoms with E-state index in [1.807, 2.05) is 12.1 Å². The van der Waals surface area contributed by atoms with Crippen LogP contribution in [0.2, 0.25) is 0 Å². The van der Waals surface area contributed by atoms with Crippen molar-refractivity contribution in [3.8, 4) is 5.75 Å². The lowest BCUT2D eigenvalue weighted by Gasteiger charge is -2.05. The van der Waals surface area contributed by atoms with Crippen molar-refractivity contribution in [2.75, 3.05) is 0 Å². The third kappa shape index (κ3) is 6.73. The molecule has 2 rings (SSSR count). The Morgan fingerprint density at radius 1 is 0.864 bits per heavy atom. The maximum absolute atomic E-state index is 12.0. The lowest BCUT2D eigenvalue weighted by Crippen LogP contribution is -2.01. The molecule has 0 bridgehead atoms. The summed E-state index contributed by atoms with van der Waals surface area (Å²) in [7, 11) is 5.22. The van der Waals surface area contributed by atoms with Crippen molar-refractivity contribution >= 4 is 44.0 Å². The molecule has 0 unspecified atom stereocenters. The zero-order valence-electron chi connectivity index (χ0n) is 11.4. The number of rotatable bonds is 8. The fourth-order valence-corrected chi connectivity index (χ4v) is 5.34. The highest BCUT2D eigenvalue weighted by Crippen LogP contribution is 2.39. The van der Waals surface area contributed by atoms with Crippen LogP contribution in [-0.2, 0) is 11.5 Å². The van der Waals surface area contributed by atoms with Gasteiger partial charge in [-0.05, 0) is 45.2 Å². The predicted octanol–water partition coefficient (Wildman–Crippen LogP) is 6.31. The Morgan fingerprint density at radius 2 is 1.36 bits per heavy atom. The van der Waals surface area contributed by atoms with Crippen LogP contribution in [0.3, 0.4) is 0 Å². The first-order valence-corrected chi connectivity index (χ1v) is 10.6. The van der Waals surface area contributed by atoms with Crippen LogP contribution in [0.5, 0.6) is 5.75 Å². The maximum atomic E-state index is 12.0. The van der Waals surface area contributed by atoms with E-state index in [1.54, 1.807) is 55.7 Å². The van der Waals surface area contributed by atoms with Crippen molar-refractivity contribution < 1.29 is 13.5 Å². The van der Waals surface area contributed by atoms with Crippen molar-refractivity contribution in [1.82, 2.24) is 0 Å². The molecule has 1 nitrogen and oxygen atoms in total. The summed E-state index contributed by atoms with van der Waals surface area (Å²) in [5, 5.41) is 0. The zero-order valence-corrected chi connectivity index (χ0v) is 14.8. The molecule has 22 heavy (non-hydrogen) atoms. The van der Waals surface area contributed by atoms with Crippen molar-refractivity contribution in [1.29, 1.82) is 0 Å². The van der Waals surface area contributed by atoms with Crippen LogP contribution >= 0.6 is 44.0 Å². The summed E-state index contributed by atoms with van der Waals surface area (Å²) in [5.74, 6) is 1.95. The topological polar surface area (TPSA) is 9.23 Å². The van der Waals surface area contributed by atoms with Gasteiger partial charge in [0.2, 0.25) is 0 Å². The van der Waals surface area contributed by atoms with E-state index in [0.29, 0.717) is 0 Å². The highest BCUT2D eigenvalue weighted by Gasteiger charge is 2.04. The van der Waals surface area contributed by atoms with E-state index in [4.69, 9.17) is 0 Å². The Kier molecular flexibility index (Phi) is 7.79. The summed E-state index contributed by atoms with van der Waals surface area (Å²) in [4.78, 5) is 0.968. The Labute approximate surface area is 145 Å². The molecule has 0 fully saturated rings. The molecule has 0 heterocycles. The average molecular weight is 377 g/mol. The van der Waals surface area contributed by atoms with E-state index in [1.165, 1.54) is 5.56 Å². The van der Waals surface area contributed by atoms with Crippen LogP contribution < -0.4 is 4.74 Å². The van der Waals surface area contributed by atoms with Crippen LogP contribution in [0.25, 0.3) is 0 Å². The summed E-state index contributed by atoms with van der Waals surface area (Å²) in [6.45, 7) is -2.77. The molecule has 0 amide bonds. The van der Waals surface area contributed by atoms with E-state index in [-0.39, 0.29) is 5.75 Å². The molecule has 0 saturated carbocycles. The normalized spacial score (nSPS) is 10.9. The minimum Gasteiger partial charge on any atom is -0.435 e. The Hall–Kier alpha value is -0.500. The van der Waals surface area contributed by atoms with E-state index in [0.717, 1.165) is 22.0 Å².